The molecule has 1 saturated heterocycles. The zero-order valence-electron chi connectivity index (χ0n) is 24.0. The van der Waals surface area contributed by atoms with Crippen molar-refractivity contribution in [1.82, 2.24) is 0 Å². The van der Waals surface area contributed by atoms with Gasteiger partial charge in [0.15, 0.2) is 5.76 Å². The molecule has 0 radical (unpaired) electrons. The average molecular weight is 623 g/mol. The van der Waals surface area contributed by atoms with Crippen molar-refractivity contribution in [1.29, 1.82) is 0 Å². The highest BCUT2D eigenvalue weighted by molar-refractivity contribution is 5.88. The van der Waals surface area contributed by atoms with Crippen molar-refractivity contribution in [3.8, 4) is 40.1 Å². The number of phenols is 2. The number of benzene rings is 3. The number of hydrogen-bond donors (Lipinski definition) is 5. The van der Waals surface area contributed by atoms with Gasteiger partial charge in [-0.3, -0.25) is 4.79 Å². The molecule has 13 nitrogen and oxygen atoms in total. The topological polar surface area (TPSA) is 195 Å². The molecule has 5 rings (SSSR count). The van der Waals surface area contributed by atoms with Gasteiger partial charge in [-0.15, -0.1) is 0 Å². The van der Waals surface area contributed by atoms with E-state index >= 15 is 0 Å². The molecule has 3 aromatic carbocycles. The fourth-order valence-corrected chi connectivity index (χ4v) is 4.64. The molecular weight excluding hydrogens is 592 g/mol. The number of fused-ring (bicyclic) bond motifs is 1. The lowest BCUT2D eigenvalue weighted by Crippen LogP contribution is -2.60. The maximum atomic E-state index is 13.7. The first-order chi connectivity index (χ1) is 21.6. The van der Waals surface area contributed by atoms with Crippen molar-refractivity contribution >= 4 is 23.0 Å². The normalized spacial score (nSPS) is 21.5. The molecule has 13 heteroatoms. The Bertz CT molecular complexity index is 1740. The van der Waals surface area contributed by atoms with Gasteiger partial charge in [0.25, 0.3) is 0 Å². The van der Waals surface area contributed by atoms with Crippen LogP contribution in [0.3, 0.4) is 0 Å². The van der Waals surface area contributed by atoms with Crippen molar-refractivity contribution in [2.45, 2.75) is 30.7 Å². The highest BCUT2D eigenvalue weighted by Gasteiger charge is 2.46. The molecule has 2 unspecified atom stereocenters. The van der Waals surface area contributed by atoms with E-state index in [-0.39, 0.29) is 28.2 Å². The van der Waals surface area contributed by atoms with Crippen LogP contribution in [0.4, 0.5) is 0 Å². The lowest BCUT2D eigenvalue weighted by atomic mass is 9.99. The minimum Gasteiger partial charge on any atom is -0.508 e. The summed E-state index contributed by atoms with van der Waals surface area (Å²) in [6, 6.07) is 15.0. The Morgan fingerprint density at radius 2 is 1.58 bits per heavy atom. The van der Waals surface area contributed by atoms with Gasteiger partial charge in [0.05, 0.1) is 14.2 Å². The number of methoxy groups -OCH3 is 2. The summed E-state index contributed by atoms with van der Waals surface area (Å²) in [7, 11) is 2.86. The number of hydrogen-bond acceptors (Lipinski definition) is 13. The van der Waals surface area contributed by atoms with Gasteiger partial charge in [-0.1, -0.05) is 12.1 Å². The van der Waals surface area contributed by atoms with Crippen LogP contribution >= 0.6 is 0 Å². The maximum Gasteiger partial charge on any atom is 0.330 e. The fraction of sp³-hybridized carbons (Fsp3) is 0.250. The number of phenolic OH excluding ortho intramolecular Hbond substituents is 2. The highest BCUT2D eigenvalue weighted by Crippen LogP contribution is 2.37. The Morgan fingerprint density at radius 3 is 2.24 bits per heavy atom. The minimum absolute atomic E-state index is 0.0271. The molecule has 236 valence electrons. The molecule has 0 aliphatic carbocycles. The van der Waals surface area contributed by atoms with Crippen molar-refractivity contribution in [2.24, 2.45) is 0 Å². The predicted octanol–water partition coefficient (Wildman–Crippen LogP) is 2.33. The summed E-state index contributed by atoms with van der Waals surface area (Å²) in [6.07, 6.45) is -5.95. The third-order valence-electron chi connectivity index (χ3n) is 7.09. The molecule has 45 heavy (non-hydrogen) atoms. The number of aromatic hydroxyl groups is 2. The summed E-state index contributed by atoms with van der Waals surface area (Å²) in [5, 5.41) is 51.6. The summed E-state index contributed by atoms with van der Waals surface area (Å²) in [5.74, 6) is -1.06. The van der Waals surface area contributed by atoms with Crippen molar-refractivity contribution in [3.05, 3.63) is 82.5 Å². The Kier molecular flexibility index (Phi) is 9.25. The second kappa shape index (κ2) is 13.3. The van der Waals surface area contributed by atoms with Gasteiger partial charge in [-0.05, 0) is 48.0 Å². The van der Waals surface area contributed by atoms with Crippen LogP contribution in [0, 0.1) is 0 Å². The standard InChI is InChI=1S/C32H30O13/c1-40-19-10-6-17(7-11-19)30-31(27(37)25-21(34)13-20(41-2)14-22(25)43-30)45-32-29(39)28(38)26(36)23(44-32)15-42-24(35)12-5-16-3-8-18(33)9-4-16/h3-14,23,26,28-29,32-34,36,38-39H,15H2,1-2H3/b12-5+/t23-,26-,28?,29?,32+/m1/s1. The van der Waals surface area contributed by atoms with E-state index in [9.17, 15) is 35.1 Å². The van der Waals surface area contributed by atoms with Crippen LogP contribution < -0.4 is 19.6 Å². The van der Waals surface area contributed by atoms with Crippen molar-refractivity contribution < 1.29 is 58.4 Å². The van der Waals surface area contributed by atoms with Crippen LogP contribution in [0.15, 0.2) is 76.0 Å². The second-order valence-electron chi connectivity index (χ2n) is 10.0. The summed E-state index contributed by atoms with van der Waals surface area (Å²) in [6.45, 7) is -0.554. The zero-order valence-corrected chi connectivity index (χ0v) is 24.0. The molecule has 0 bridgehead atoms. The van der Waals surface area contributed by atoms with Gasteiger partial charge in [0.1, 0.15) is 65.0 Å². The predicted molar refractivity (Wildman–Crippen MR) is 158 cm³/mol. The van der Waals surface area contributed by atoms with E-state index < -0.39 is 60.2 Å². The number of rotatable bonds is 9. The van der Waals surface area contributed by atoms with Gasteiger partial charge in [-0.25, -0.2) is 4.79 Å². The van der Waals surface area contributed by atoms with Crippen LogP contribution in [-0.4, -0.2) is 83.0 Å². The molecular formula is C32H30O13. The van der Waals surface area contributed by atoms with Crippen molar-refractivity contribution in [3.63, 3.8) is 0 Å². The summed E-state index contributed by atoms with van der Waals surface area (Å²) >= 11 is 0. The molecule has 1 aliphatic rings. The highest BCUT2D eigenvalue weighted by atomic mass is 16.7. The third kappa shape index (κ3) is 6.71. The molecule has 0 saturated carbocycles. The molecule has 1 aromatic heterocycles. The van der Waals surface area contributed by atoms with E-state index in [1.165, 1.54) is 44.6 Å². The third-order valence-corrected chi connectivity index (χ3v) is 7.09. The first-order valence-corrected chi connectivity index (χ1v) is 13.6. The Balaban J connectivity index is 1.43. The second-order valence-corrected chi connectivity index (χ2v) is 10.0. The van der Waals surface area contributed by atoms with Gasteiger partial charge in [0.2, 0.25) is 17.5 Å². The first-order valence-electron chi connectivity index (χ1n) is 13.6. The molecule has 5 atom stereocenters. The van der Waals surface area contributed by atoms with Gasteiger partial charge in [0, 0.05) is 23.8 Å². The van der Waals surface area contributed by atoms with Crippen LogP contribution in [0.25, 0.3) is 28.4 Å². The number of carbonyl (C=O) groups is 1. The number of esters is 1. The molecule has 5 N–H and O–H groups in total. The van der Waals surface area contributed by atoms with E-state index in [0.29, 0.717) is 16.9 Å². The van der Waals surface area contributed by atoms with E-state index in [1.54, 1.807) is 36.4 Å². The molecule has 2 heterocycles. The Morgan fingerprint density at radius 1 is 0.889 bits per heavy atom. The van der Waals surface area contributed by atoms with Crippen LogP contribution in [-0.2, 0) is 14.3 Å². The van der Waals surface area contributed by atoms with E-state index in [1.807, 2.05) is 0 Å². The number of carbonyl (C=O) groups excluding carboxylic acids is 1. The lowest BCUT2D eigenvalue weighted by Gasteiger charge is -2.39. The fourth-order valence-electron chi connectivity index (χ4n) is 4.64. The van der Waals surface area contributed by atoms with Crippen molar-refractivity contribution in [2.75, 3.05) is 20.8 Å². The van der Waals surface area contributed by atoms with Gasteiger partial charge in [-0.2, -0.15) is 0 Å². The summed E-state index contributed by atoms with van der Waals surface area (Å²) < 4.78 is 33.1. The van der Waals surface area contributed by atoms with Gasteiger partial charge < -0.3 is 53.6 Å². The molecule has 0 amide bonds. The van der Waals surface area contributed by atoms with Gasteiger partial charge >= 0.3 is 5.97 Å². The Labute approximate surface area is 255 Å². The maximum absolute atomic E-state index is 13.7. The minimum atomic E-state index is -1.86. The van der Waals surface area contributed by atoms with E-state index in [0.717, 1.165) is 6.08 Å². The summed E-state index contributed by atoms with van der Waals surface area (Å²) in [5.41, 5.74) is 0.0997. The quantitative estimate of drug-likeness (QED) is 0.135. The monoisotopic (exact) mass is 622 g/mol. The van der Waals surface area contributed by atoms with E-state index in [4.69, 9.17) is 28.1 Å². The first kappa shape index (κ1) is 31.3. The Hall–Kier alpha value is -5.08. The molecule has 1 aliphatic heterocycles. The SMILES string of the molecule is COc1ccc(-c2oc3cc(OC)cc(O)c3c(=O)c2O[C@@H]2O[C@H](COC(=O)/C=C/c3ccc(O)cc3)[C@@H](O)C(O)C2O)cc1. The number of aliphatic hydroxyl groups excluding tert-OH is 3. The van der Waals surface area contributed by atoms with Crippen LogP contribution in [0.1, 0.15) is 5.56 Å². The summed E-state index contributed by atoms with van der Waals surface area (Å²) in [4.78, 5) is 26.1. The molecule has 4 aromatic rings. The number of ether oxygens (including phenoxy) is 5. The number of aliphatic hydroxyl groups is 3. The lowest BCUT2D eigenvalue weighted by molar-refractivity contribution is -0.278. The molecule has 1 fully saturated rings. The van der Waals surface area contributed by atoms with Crippen LogP contribution in [0.5, 0.6) is 28.7 Å². The largest absolute Gasteiger partial charge is 0.508 e. The van der Waals surface area contributed by atoms with E-state index in [2.05, 4.69) is 0 Å². The smallest absolute Gasteiger partial charge is 0.330 e. The zero-order chi connectivity index (χ0) is 32.2. The van der Waals surface area contributed by atoms with Crippen LogP contribution in [0.2, 0.25) is 0 Å². The average Bonchev–Trinajstić information content (AvgIpc) is 3.04. The molecule has 0 spiro atoms.